The lowest BCUT2D eigenvalue weighted by molar-refractivity contribution is -0.389. The molecule has 1 aliphatic rings. The van der Waals surface area contributed by atoms with Crippen LogP contribution in [0.3, 0.4) is 0 Å². The first kappa shape index (κ1) is 14.5. The van der Waals surface area contributed by atoms with Crippen LogP contribution in [0.25, 0.3) is 0 Å². The molecule has 0 bridgehead atoms. The lowest BCUT2D eigenvalue weighted by Crippen LogP contribution is -2.38. The van der Waals surface area contributed by atoms with Crippen LogP contribution < -0.4 is 11.1 Å². The second kappa shape index (κ2) is 5.83. The van der Waals surface area contributed by atoms with E-state index in [0.29, 0.717) is 12.5 Å². The third-order valence-corrected chi connectivity index (χ3v) is 2.84. The molecule has 0 aromatic carbocycles. The predicted octanol–water partition coefficient (Wildman–Crippen LogP) is 0.812. The number of hydrogen-bond donors (Lipinski definition) is 3. The normalized spacial score (nSPS) is 15.6. The third kappa shape index (κ3) is 3.44. The highest BCUT2D eigenvalue weighted by Gasteiger charge is 2.28. The number of carbonyl (C=O) groups is 1. The predicted molar refractivity (Wildman–Crippen MR) is 67.7 cm³/mol. The zero-order valence-electron chi connectivity index (χ0n) is 9.59. The molecule has 0 radical (unpaired) electrons. The van der Waals surface area contributed by atoms with Gasteiger partial charge in [-0.1, -0.05) is 0 Å². The van der Waals surface area contributed by atoms with Crippen molar-refractivity contribution < 1.29 is 9.72 Å². The van der Waals surface area contributed by atoms with Crippen molar-refractivity contribution in [1.82, 2.24) is 10.3 Å². The van der Waals surface area contributed by atoms with Crippen LogP contribution in [-0.2, 0) is 0 Å². The molecule has 1 unspecified atom stereocenters. The summed E-state index contributed by atoms with van der Waals surface area (Å²) in [5.41, 5.74) is 6.01. The van der Waals surface area contributed by atoms with Crippen LogP contribution in [0, 0.1) is 16.0 Å². The van der Waals surface area contributed by atoms with E-state index in [1.165, 1.54) is 12.1 Å². The van der Waals surface area contributed by atoms with Gasteiger partial charge in [0, 0.05) is 18.7 Å². The van der Waals surface area contributed by atoms with E-state index in [4.69, 9.17) is 5.73 Å². The van der Waals surface area contributed by atoms with E-state index in [1.807, 2.05) is 0 Å². The van der Waals surface area contributed by atoms with E-state index in [9.17, 15) is 14.9 Å². The van der Waals surface area contributed by atoms with Gasteiger partial charge >= 0.3 is 5.82 Å². The van der Waals surface area contributed by atoms with Crippen molar-refractivity contribution in [2.24, 2.45) is 11.7 Å². The smallest absolute Gasteiger partial charge is 0.321 e. The van der Waals surface area contributed by atoms with Crippen molar-refractivity contribution in [2.45, 2.75) is 18.9 Å². The van der Waals surface area contributed by atoms with Gasteiger partial charge in [-0.3, -0.25) is 4.79 Å². The van der Waals surface area contributed by atoms with Crippen molar-refractivity contribution in [3.05, 3.63) is 27.9 Å². The maximum atomic E-state index is 11.6. The average Bonchev–Trinajstić information content (AvgIpc) is 3.02. The highest BCUT2D eigenvalue weighted by molar-refractivity contribution is 5.92. The van der Waals surface area contributed by atoms with Gasteiger partial charge in [-0.15, -0.1) is 12.4 Å². The van der Waals surface area contributed by atoms with Crippen molar-refractivity contribution >= 4 is 24.1 Å². The van der Waals surface area contributed by atoms with E-state index in [-0.39, 0.29) is 35.9 Å². The highest BCUT2D eigenvalue weighted by Crippen LogP contribution is 2.31. The van der Waals surface area contributed by atoms with E-state index in [2.05, 4.69) is 10.3 Å². The number of aromatic nitrogens is 1. The largest absolute Gasteiger partial charge is 0.358 e. The van der Waals surface area contributed by atoms with Crippen LogP contribution >= 0.6 is 12.4 Å². The fourth-order valence-corrected chi connectivity index (χ4v) is 1.62. The first-order valence-corrected chi connectivity index (χ1v) is 5.45. The number of nitrogens with zero attached hydrogens (tertiary/aromatic N) is 1. The Labute approximate surface area is 110 Å². The fraction of sp³-hybridized carbons (Fsp3) is 0.500. The number of carbonyl (C=O) groups excluding carboxylic acids is 1. The first-order chi connectivity index (χ1) is 8.08. The Balaban J connectivity index is 0.00000162. The Bertz CT molecular complexity index is 444. The van der Waals surface area contributed by atoms with E-state index in [0.717, 1.165) is 12.8 Å². The van der Waals surface area contributed by atoms with Crippen molar-refractivity contribution in [3.63, 3.8) is 0 Å². The number of H-pyrrole nitrogens is 1. The molecule has 18 heavy (non-hydrogen) atoms. The number of hydrogen-bond acceptors (Lipinski definition) is 4. The number of amides is 1. The Morgan fingerprint density at radius 2 is 2.28 bits per heavy atom. The minimum Gasteiger partial charge on any atom is -0.358 e. The van der Waals surface area contributed by atoms with Crippen LogP contribution in [0.4, 0.5) is 5.82 Å². The molecule has 0 saturated heterocycles. The second-order valence-corrected chi connectivity index (χ2v) is 4.23. The molecule has 4 N–H and O–H groups in total. The molecule has 1 saturated carbocycles. The van der Waals surface area contributed by atoms with Gasteiger partial charge in [0.15, 0.2) is 5.69 Å². The molecule has 1 fully saturated rings. The summed E-state index contributed by atoms with van der Waals surface area (Å²) >= 11 is 0. The summed E-state index contributed by atoms with van der Waals surface area (Å²) in [5.74, 6) is -0.0517. The minimum atomic E-state index is -0.577. The Hall–Kier alpha value is -1.60. The van der Waals surface area contributed by atoms with Gasteiger partial charge < -0.3 is 21.2 Å². The maximum absolute atomic E-state index is 11.6. The molecular weight excluding hydrogens is 260 g/mol. The molecule has 1 aliphatic carbocycles. The topological polar surface area (TPSA) is 114 Å². The number of nitrogens with one attached hydrogen (secondary N) is 2. The van der Waals surface area contributed by atoms with E-state index in [1.54, 1.807) is 0 Å². The quantitative estimate of drug-likeness (QED) is 0.544. The number of halogens is 1. The van der Waals surface area contributed by atoms with Crippen molar-refractivity contribution in [2.75, 3.05) is 6.54 Å². The number of nitrogens with two attached hydrogens (primary N) is 1. The summed E-state index contributed by atoms with van der Waals surface area (Å²) in [6, 6.07) is 2.62. The minimum absolute atomic E-state index is 0. The molecule has 1 aromatic rings. The number of rotatable bonds is 5. The summed E-state index contributed by atoms with van der Waals surface area (Å²) in [5, 5.41) is 13.1. The Kier molecular flexibility index (Phi) is 4.69. The van der Waals surface area contributed by atoms with Gasteiger partial charge in [-0.25, -0.2) is 4.98 Å². The van der Waals surface area contributed by atoms with Gasteiger partial charge in [0.25, 0.3) is 5.91 Å². The Morgan fingerprint density at radius 1 is 1.61 bits per heavy atom. The summed E-state index contributed by atoms with van der Waals surface area (Å²) in [6.07, 6.45) is 2.23. The van der Waals surface area contributed by atoms with Crippen LogP contribution in [0.2, 0.25) is 0 Å². The van der Waals surface area contributed by atoms with Gasteiger partial charge in [-0.2, -0.15) is 0 Å². The van der Waals surface area contributed by atoms with E-state index < -0.39 is 4.92 Å². The molecular formula is C10H15ClN4O3. The molecule has 0 aliphatic heterocycles. The zero-order chi connectivity index (χ0) is 12.4. The van der Waals surface area contributed by atoms with Crippen molar-refractivity contribution in [1.29, 1.82) is 0 Å². The monoisotopic (exact) mass is 274 g/mol. The van der Waals surface area contributed by atoms with Gasteiger partial charge in [0.1, 0.15) is 0 Å². The van der Waals surface area contributed by atoms with Crippen molar-refractivity contribution in [3.8, 4) is 0 Å². The fourth-order valence-electron chi connectivity index (χ4n) is 1.62. The molecule has 100 valence electrons. The van der Waals surface area contributed by atoms with Gasteiger partial charge in [0.2, 0.25) is 0 Å². The lowest BCUT2D eigenvalue weighted by Gasteiger charge is -2.09. The second-order valence-electron chi connectivity index (χ2n) is 4.23. The summed E-state index contributed by atoms with van der Waals surface area (Å²) in [7, 11) is 0. The van der Waals surface area contributed by atoms with E-state index >= 15 is 0 Å². The number of nitro groups is 1. The molecule has 1 aromatic heterocycles. The maximum Gasteiger partial charge on any atom is 0.321 e. The van der Waals surface area contributed by atoms with Crippen LogP contribution in [0.5, 0.6) is 0 Å². The molecule has 1 atom stereocenters. The number of aromatic amines is 1. The lowest BCUT2D eigenvalue weighted by atomic mass is 10.2. The molecule has 8 heteroatoms. The van der Waals surface area contributed by atoms with Crippen LogP contribution in [0.15, 0.2) is 12.1 Å². The molecule has 1 heterocycles. The summed E-state index contributed by atoms with van der Waals surface area (Å²) < 4.78 is 0. The molecule has 2 rings (SSSR count). The molecule has 0 spiro atoms. The van der Waals surface area contributed by atoms with Gasteiger partial charge in [-0.05, 0) is 29.7 Å². The zero-order valence-corrected chi connectivity index (χ0v) is 10.4. The molecule has 1 amide bonds. The summed E-state index contributed by atoms with van der Waals surface area (Å²) in [6.45, 7) is 0.399. The first-order valence-electron chi connectivity index (χ1n) is 5.45. The van der Waals surface area contributed by atoms with Crippen LogP contribution in [-0.4, -0.2) is 28.4 Å². The summed E-state index contributed by atoms with van der Waals surface area (Å²) in [4.78, 5) is 23.9. The highest BCUT2D eigenvalue weighted by atomic mass is 35.5. The molecule has 7 nitrogen and oxygen atoms in total. The third-order valence-electron chi connectivity index (χ3n) is 2.84. The van der Waals surface area contributed by atoms with Gasteiger partial charge in [0.05, 0.1) is 0 Å². The Morgan fingerprint density at radius 3 is 2.78 bits per heavy atom. The van der Waals surface area contributed by atoms with Crippen LogP contribution in [0.1, 0.15) is 23.3 Å². The average molecular weight is 275 g/mol. The standard InChI is InChI=1S/C10H14N4O3.ClH/c11-7(6-1-2-6)5-12-10(15)8-3-4-9(13-8)14(16)17;/h3-4,6-7,13H,1-2,5,11H2,(H,12,15);1H. The SMILES string of the molecule is Cl.NC(CNC(=O)c1ccc([N+](=O)[O-])[nH]1)C1CC1.